The fourth-order valence-electron chi connectivity index (χ4n) is 11.6. The molecule has 4 aliphatic heterocycles. The zero-order chi connectivity index (χ0) is 61.6. The summed E-state index contributed by atoms with van der Waals surface area (Å²) in [5.41, 5.74) is 2.49. The van der Waals surface area contributed by atoms with E-state index in [0.29, 0.717) is 57.5 Å². The molecule has 7 aromatic rings. The van der Waals surface area contributed by atoms with Crippen molar-refractivity contribution in [1.29, 1.82) is 0 Å². The summed E-state index contributed by atoms with van der Waals surface area (Å²) in [7, 11) is 6.59. The van der Waals surface area contributed by atoms with Crippen LogP contribution in [0.3, 0.4) is 0 Å². The summed E-state index contributed by atoms with van der Waals surface area (Å²) in [5, 5.41) is 2.71. The Morgan fingerprint density at radius 2 is 1.19 bits per heavy atom. The first kappa shape index (κ1) is 59.9. The van der Waals surface area contributed by atoms with Gasteiger partial charge in [0.2, 0.25) is 5.91 Å². The first-order valence-corrected chi connectivity index (χ1v) is 28.1. The number of benzene rings is 5. The van der Waals surface area contributed by atoms with Crippen LogP contribution in [0.5, 0.6) is 11.5 Å². The van der Waals surface area contributed by atoms with Gasteiger partial charge in [-0.05, 0) is 106 Å². The molecule has 6 heterocycles. The number of nitrogens with zero attached hydrogens (tertiary/aromatic N) is 8. The van der Waals surface area contributed by atoms with Crippen molar-refractivity contribution in [3.05, 3.63) is 188 Å². The van der Waals surface area contributed by atoms with Gasteiger partial charge in [0.25, 0.3) is 17.7 Å². The number of ether oxygens (including phenoxy) is 3. The molecule has 0 saturated carbocycles. The maximum absolute atomic E-state index is 15.0. The van der Waals surface area contributed by atoms with Crippen LogP contribution in [0.1, 0.15) is 119 Å². The number of likely N-dealkylation sites (N-methyl/N-ethyl adjacent to an activating group) is 2. The van der Waals surface area contributed by atoms with Gasteiger partial charge in [0, 0.05) is 58.2 Å². The lowest BCUT2D eigenvalue weighted by Gasteiger charge is -2.46. The topological polar surface area (TPSA) is 190 Å². The summed E-state index contributed by atoms with van der Waals surface area (Å²) in [6, 6.07) is 27.2. The van der Waals surface area contributed by atoms with Crippen molar-refractivity contribution in [3.63, 3.8) is 0 Å². The number of hydrogen-bond acceptors (Lipinski definition) is 12. The molecular formula is C65H65F4N9O8. The minimum atomic E-state index is -1.35. The molecule has 0 radical (unpaired) electrons. The molecule has 2 fully saturated rings. The van der Waals surface area contributed by atoms with Crippen LogP contribution in [0.25, 0.3) is 22.8 Å². The molecule has 4 aliphatic rings. The highest BCUT2D eigenvalue weighted by atomic mass is 19.1. The van der Waals surface area contributed by atoms with E-state index < -0.39 is 45.9 Å². The van der Waals surface area contributed by atoms with E-state index in [4.69, 9.17) is 14.2 Å². The van der Waals surface area contributed by atoms with Crippen LogP contribution in [0, 0.1) is 23.3 Å². The summed E-state index contributed by atoms with van der Waals surface area (Å²) < 4.78 is 75.4. The number of aromatic nitrogens is 4. The summed E-state index contributed by atoms with van der Waals surface area (Å²) in [5.74, 6) is -3.10. The van der Waals surface area contributed by atoms with Crippen molar-refractivity contribution in [3.8, 4) is 34.3 Å². The number of piperazine rings is 1. The molecule has 2 aromatic heterocycles. The van der Waals surface area contributed by atoms with Gasteiger partial charge < -0.3 is 34.2 Å². The molecule has 1 N–H and O–H groups in total. The monoisotopic (exact) mass is 1180 g/mol. The second-order valence-electron chi connectivity index (χ2n) is 23.2. The smallest absolute Gasteiger partial charge is 0.411 e. The Morgan fingerprint density at radius 1 is 0.640 bits per heavy atom. The second kappa shape index (κ2) is 23.6. The van der Waals surface area contributed by atoms with Gasteiger partial charge in [0.15, 0.2) is 11.6 Å². The fraction of sp³-hybridized carbons (Fsp3) is 0.338. The van der Waals surface area contributed by atoms with E-state index in [2.05, 4.69) is 25.3 Å². The lowest BCUT2D eigenvalue weighted by molar-refractivity contribution is -0.148. The van der Waals surface area contributed by atoms with E-state index in [1.807, 2.05) is 44.3 Å². The molecule has 0 bridgehead atoms. The van der Waals surface area contributed by atoms with Gasteiger partial charge in [-0.15, -0.1) is 0 Å². The quantitative estimate of drug-likeness (QED) is 0.114. The number of likely N-dealkylation sites (tertiary alicyclic amines) is 1. The predicted octanol–water partition coefficient (Wildman–Crippen LogP) is 9.88. The van der Waals surface area contributed by atoms with Gasteiger partial charge in [0.05, 0.1) is 84.3 Å². The number of methoxy groups -OCH3 is 2. The molecular weight excluding hydrogens is 1110 g/mol. The molecule has 11 rings (SSSR count). The van der Waals surface area contributed by atoms with Crippen molar-refractivity contribution in [1.82, 2.24) is 44.9 Å². The van der Waals surface area contributed by atoms with E-state index in [9.17, 15) is 32.8 Å². The maximum atomic E-state index is 15.0. The van der Waals surface area contributed by atoms with Gasteiger partial charge in [-0.3, -0.25) is 24.1 Å². The van der Waals surface area contributed by atoms with Crippen molar-refractivity contribution in [2.45, 2.75) is 96.5 Å². The number of hydrogen-bond donors (Lipinski definition) is 1. The fourth-order valence-corrected chi connectivity index (χ4v) is 11.6. The van der Waals surface area contributed by atoms with Crippen LogP contribution < -0.4 is 14.8 Å². The predicted molar refractivity (Wildman–Crippen MR) is 310 cm³/mol. The van der Waals surface area contributed by atoms with Crippen LogP contribution in [0.15, 0.2) is 103 Å². The molecule has 17 nitrogen and oxygen atoms in total. The average Bonchev–Trinajstić information content (AvgIpc) is 1.61. The Bertz CT molecular complexity index is 3800. The van der Waals surface area contributed by atoms with Crippen LogP contribution in [-0.2, 0) is 57.8 Å². The Morgan fingerprint density at radius 3 is 1.74 bits per heavy atom. The van der Waals surface area contributed by atoms with E-state index >= 15 is 8.78 Å². The highest BCUT2D eigenvalue weighted by Crippen LogP contribution is 2.39. The highest BCUT2D eigenvalue weighted by Gasteiger charge is 2.50. The summed E-state index contributed by atoms with van der Waals surface area (Å²) in [6.07, 6.45) is 1.52. The van der Waals surface area contributed by atoms with Crippen LogP contribution in [-0.4, -0.2) is 123 Å². The number of carbonyl (C=O) groups excluding carboxylic acids is 5. The van der Waals surface area contributed by atoms with E-state index in [1.165, 1.54) is 24.1 Å². The lowest BCUT2D eigenvalue weighted by Crippen LogP contribution is -2.63. The van der Waals surface area contributed by atoms with Gasteiger partial charge in [-0.2, -0.15) is 0 Å². The van der Waals surface area contributed by atoms with Crippen molar-refractivity contribution < 1.29 is 55.7 Å². The molecule has 5 amide bonds. The number of halogens is 4. The Labute approximate surface area is 495 Å². The number of rotatable bonds is 12. The number of nitrogens with one attached hydrogen (secondary N) is 1. The zero-order valence-electron chi connectivity index (χ0n) is 49.2. The molecule has 21 heteroatoms. The maximum Gasteiger partial charge on any atom is 0.411 e. The van der Waals surface area contributed by atoms with E-state index in [1.54, 1.807) is 93.0 Å². The Balaban J connectivity index is 0.000000208. The highest BCUT2D eigenvalue weighted by molar-refractivity contribution is 6.00. The molecule has 2 saturated heterocycles. The van der Waals surface area contributed by atoms with Gasteiger partial charge in [-0.1, -0.05) is 60.7 Å². The Hall–Kier alpha value is -9.27. The number of amides is 5. The third-order valence-electron chi connectivity index (χ3n) is 16.2. The van der Waals surface area contributed by atoms with Gasteiger partial charge in [0.1, 0.15) is 45.9 Å². The summed E-state index contributed by atoms with van der Waals surface area (Å²) >= 11 is 0. The molecule has 2 atom stereocenters. The van der Waals surface area contributed by atoms with Crippen LogP contribution in [0.4, 0.5) is 22.4 Å². The third kappa shape index (κ3) is 11.5. The number of piperidine rings is 1. The molecule has 446 valence electrons. The first-order valence-electron chi connectivity index (χ1n) is 28.1. The molecule has 0 spiro atoms. The van der Waals surface area contributed by atoms with Gasteiger partial charge in [-0.25, -0.2) is 42.3 Å². The first-order chi connectivity index (χ1) is 40.9. The lowest BCUT2D eigenvalue weighted by atomic mass is 9.75. The molecule has 2 unspecified atom stereocenters. The summed E-state index contributed by atoms with van der Waals surface area (Å²) in [6.45, 7) is 10.8. The minimum absolute atomic E-state index is 0.0787. The number of fused-ring (bicyclic) bond motifs is 2. The largest absolute Gasteiger partial charge is 0.497 e. The summed E-state index contributed by atoms with van der Waals surface area (Å²) in [4.78, 5) is 90.5. The van der Waals surface area contributed by atoms with Gasteiger partial charge >= 0.3 is 6.09 Å². The van der Waals surface area contributed by atoms with E-state index in [-0.39, 0.29) is 91.0 Å². The molecule has 0 aliphatic carbocycles. The third-order valence-corrected chi connectivity index (χ3v) is 16.2. The van der Waals surface area contributed by atoms with Crippen LogP contribution >= 0.6 is 0 Å². The minimum Gasteiger partial charge on any atom is -0.497 e. The average molecular weight is 1180 g/mol. The van der Waals surface area contributed by atoms with Crippen molar-refractivity contribution >= 4 is 29.7 Å². The van der Waals surface area contributed by atoms with Crippen LogP contribution in [0.2, 0.25) is 0 Å². The SMILES string of the molecule is CN1CCCC(C)(c2ccc(Cc3nc(-c4c(F)cccc4F)nc4c3C(=O)NC4)cc2)C1=O.COc1ccc(CN2Cc3nc(-c4c(F)cccc4F)nc(Cc4ccc(C5(C)C(=O)N(C)CCN5C(=O)OC(C)(C)C)cc4)c3C2=O)c(OC)c1. The number of carbonyl (C=O) groups is 5. The van der Waals surface area contributed by atoms with E-state index in [0.717, 1.165) is 60.3 Å². The normalized spacial score (nSPS) is 18.3. The zero-order valence-corrected chi connectivity index (χ0v) is 49.2. The standard InChI is InChI=1S/C39H41F2N5O6.C26H24F2N4O2/c1-38(2,3)52-37(49)46-18-17-44(5)36(48)39(46,4)25-14-11-23(12-15-25)19-29-33-30(43-34(42-29)32-27(40)9-8-10-28(32)41)22-45(35(33)47)21-24-13-16-26(50-6)20-31(24)51-7;1-26(11-4-12-32(2)25(26)34)16-9-7-15(8-10-16)13-19-22-20(14-29-24(22)33)31-23(30-19)21-17(27)5-3-6-18(21)28/h8-16,20H,17-19,21-22H2,1-7H3;3,5-10H,4,11-14H2,1-2H3,(H,29,33). The van der Waals surface area contributed by atoms with Crippen molar-refractivity contribution in [2.24, 2.45) is 0 Å². The van der Waals surface area contributed by atoms with Crippen molar-refractivity contribution in [2.75, 3.05) is 47.9 Å². The second-order valence-corrected chi connectivity index (χ2v) is 23.2. The Kier molecular flexibility index (Phi) is 16.5. The molecule has 5 aromatic carbocycles. The molecule has 86 heavy (non-hydrogen) atoms.